The van der Waals surface area contributed by atoms with Gasteiger partial charge in [0.15, 0.2) is 11.5 Å². The van der Waals surface area contributed by atoms with Crippen molar-refractivity contribution in [2.24, 2.45) is 0 Å². The molecule has 4 rings (SSSR count). The monoisotopic (exact) mass is 427 g/mol. The minimum atomic E-state index is -0.235. The molecule has 1 saturated heterocycles. The van der Waals surface area contributed by atoms with Crippen LogP contribution < -0.4 is 9.47 Å². The topological polar surface area (TPSA) is 77.7 Å². The fraction of sp³-hybridized carbons (Fsp3) is 0.318. The molecule has 0 N–H and O–H groups in total. The molecule has 0 spiro atoms. The van der Waals surface area contributed by atoms with Crippen molar-refractivity contribution in [2.75, 3.05) is 20.8 Å². The molecule has 3 aromatic rings. The molecule has 1 atom stereocenters. The van der Waals surface area contributed by atoms with E-state index in [-0.39, 0.29) is 18.4 Å². The van der Waals surface area contributed by atoms with E-state index in [1.54, 1.807) is 37.3 Å². The number of benzene rings is 2. The SMILES string of the molecule is COc1ccc(-c2noc([C@@H]3CCCN3C(=O)Cc3ccccc3Cl)n2)cc1OC. The highest BCUT2D eigenvalue weighted by Crippen LogP contribution is 2.35. The lowest BCUT2D eigenvalue weighted by molar-refractivity contribution is -0.131. The number of carbonyl (C=O) groups excluding carboxylic acids is 1. The molecule has 1 aliphatic heterocycles. The van der Waals surface area contributed by atoms with Gasteiger partial charge in [-0.1, -0.05) is 35.0 Å². The molecule has 0 aliphatic carbocycles. The molecular formula is C22H22ClN3O4. The zero-order valence-electron chi connectivity index (χ0n) is 16.8. The van der Waals surface area contributed by atoms with E-state index < -0.39 is 0 Å². The minimum Gasteiger partial charge on any atom is -0.493 e. The van der Waals surface area contributed by atoms with Crippen LogP contribution >= 0.6 is 11.6 Å². The Morgan fingerprint density at radius 2 is 2.00 bits per heavy atom. The minimum absolute atomic E-state index is 0.00327. The average Bonchev–Trinajstić information content (AvgIpc) is 3.44. The van der Waals surface area contributed by atoms with Crippen LogP contribution in [0.5, 0.6) is 11.5 Å². The summed E-state index contributed by atoms with van der Waals surface area (Å²) >= 11 is 6.22. The number of hydrogen-bond donors (Lipinski definition) is 0. The molecular weight excluding hydrogens is 406 g/mol. The summed E-state index contributed by atoms with van der Waals surface area (Å²) in [7, 11) is 3.16. The predicted octanol–water partition coefficient (Wildman–Crippen LogP) is 4.31. The number of aromatic nitrogens is 2. The number of carbonyl (C=O) groups is 1. The van der Waals surface area contributed by atoms with E-state index in [0.717, 1.165) is 24.0 Å². The van der Waals surface area contributed by atoms with Gasteiger partial charge in [-0.25, -0.2) is 0 Å². The van der Waals surface area contributed by atoms with Crippen molar-refractivity contribution >= 4 is 17.5 Å². The fourth-order valence-electron chi connectivity index (χ4n) is 3.69. The lowest BCUT2D eigenvalue weighted by atomic mass is 10.1. The van der Waals surface area contributed by atoms with E-state index in [1.165, 1.54) is 0 Å². The molecule has 1 fully saturated rings. The fourth-order valence-corrected chi connectivity index (χ4v) is 3.89. The zero-order valence-corrected chi connectivity index (χ0v) is 17.6. The summed E-state index contributed by atoms with van der Waals surface area (Å²) in [5, 5.41) is 4.70. The Bertz CT molecular complexity index is 1050. The Morgan fingerprint density at radius 3 is 2.77 bits per heavy atom. The maximum atomic E-state index is 12.9. The van der Waals surface area contributed by atoms with Gasteiger partial charge in [-0.15, -0.1) is 0 Å². The largest absolute Gasteiger partial charge is 0.493 e. The van der Waals surface area contributed by atoms with Crippen molar-refractivity contribution in [3.05, 3.63) is 58.9 Å². The van der Waals surface area contributed by atoms with Gasteiger partial charge < -0.3 is 18.9 Å². The van der Waals surface area contributed by atoms with E-state index in [9.17, 15) is 4.79 Å². The average molecular weight is 428 g/mol. The highest BCUT2D eigenvalue weighted by atomic mass is 35.5. The molecule has 2 aromatic carbocycles. The van der Waals surface area contributed by atoms with Gasteiger partial charge in [0.1, 0.15) is 6.04 Å². The molecule has 8 heteroatoms. The van der Waals surface area contributed by atoms with Gasteiger partial charge in [0.05, 0.1) is 20.6 Å². The predicted molar refractivity (Wildman–Crippen MR) is 112 cm³/mol. The van der Waals surface area contributed by atoms with Crippen LogP contribution in [0.15, 0.2) is 47.0 Å². The van der Waals surface area contributed by atoms with Crippen LogP contribution in [-0.2, 0) is 11.2 Å². The van der Waals surface area contributed by atoms with Gasteiger partial charge in [-0.05, 0) is 42.7 Å². The quantitative estimate of drug-likeness (QED) is 0.583. The first-order valence-electron chi connectivity index (χ1n) is 9.69. The van der Waals surface area contributed by atoms with Crippen molar-refractivity contribution in [3.63, 3.8) is 0 Å². The highest BCUT2D eigenvalue weighted by molar-refractivity contribution is 6.31. The number of methoxy groups -OCH3 is 2. The Hall–Kier alpha value is -3.06. The molecule has 1 aliphatic rings. The summed E-state index contributed by atoms with van der Waals surface area (Å²) in [6.45, 7) is 0.655. The van der Waals surface area contributed by atoms with Crippen molar-refractivity contribution in [2.45, 2.75) is 25.3 Å². The third kappa shape index (κ3) is 3.98. The molecule has 30 heavy (non-hydrogen) atoms. The summed E-state index contributed by atoms with van der Waals surface area (Å²) in [6, 6.07) is 12.6. The van der Waals surface area contributed by atoms with Crippen LogP contribution in [0.2, 0.25) is 5.02 Å². The maximum Gasteiger partial charge on any atom is 0.249 e. The lowest BCUT2D eigenvalue weighted by Gasteiger charge is -2.22. The van der Waals surface area contributed by atoms with Gasteiger partial charge >= 0.3 is 0 Å². The van der Waals surface area contributed by atoms with E-state index in [2.05, 4.69) is 10.1 Å². The van der Waals surface area contributed by atoms with Crippen molar-refractivity contribution in [1.82, 2.24) is 15.0 Å². The van der Waals surface area contributed by atoms with Gasteiger partial charge in [-0.3, -0.25) is 4.79 Å². The van der Waals surface area contributed by atoms with E-state index in [4.69, 9.17) is 25.6 Å². The molecule has 0 unspecified atom stereocenters. The van der Waals surface area contributed by atoms with E-state index >= 15 is 0 Å². The first-order chi connectivity index (χ1) is 14.6. The number of amides is 1. The normalized spacial score (nSPS) is 16.0. The highest BCUT2D eigenvalue weighted by Gasteiger charge is 2.34. The first-order valence-corrected chi connectivity index (χ1v) is 10.1. The van der Waals surface area contributed by atoms with Crippen LogP contribution in [0.3, 0.4) is 0 Å². The summed E-state index contributed by atoms with van der Waals surface area (Å²) in [4.78, 5) is 19.3. The molecule has 2 heterocycles. The lowest BCUT2D eigenvalue weighted by Crippen LogP contribution is -2.32. The Kier molecular flexibility index (Phi) is 5.90. The second-order valence-electron chi connectivity index (χ2n) is 7.04. The number of rotatable bonds is 6. The first kappa shape index (κ1) is 20.2. The number of likely N-dealkylation sites (tertiary alicyclic amines) is 1. The summed E-state index contributed by atoms with van der Waals surface area (Å²) in [6.07, 6.45) is 1.90. The Morgan fingerprint density at radius 1 is 1.20 bits per heavy atom. The van der Waals surface area contributed by atoms with Crippen molar-refractivity contribution in [1.29, 1.82) is 0 Å². The van der Waals surface area contributed by atoms with Gasteiger partial charge in [0.25, 0.3) is 0 Å². The Labute approximate surface area is 179 Å². The summed E-state index contributed by atoms with van der Waals surface area (Å²) in [5.74, 6) is 2.08. The number of ether oxygens (including phenoxy) is 2. The number of nitrogens with zero attached hydrogens (tertiary/aromatic N) is 3. The van der Waals surface area contributed by atoms with Crippen molar-refractivity contribution in [3.8, 4) is 22.9 Å². The van der Waals surface area contributed by atoms with Crippen LogP contribution in [0.4, 0.5) is 0 Å². The molecule has 1 amide bonds. The molecule has 0 radical (unpaired) electrons. The zero-order chi connectivity index (χ0) is 21.1. The third-order valence-electron chi connectivity index (χ3n) is 5.24. The number of hydrogen-bond acceptors (Lipinski definition) is 6. The maximum absolute atomic E-state index is 12.9. The number of halogens is 1. The molecule has 7 nitrogen and oxygen atoms in total. The van der Waals surface area contributed by atoms with Crippen LogP contribution in [0, 0.1) is 0 Å². The third-order valence-corrected chi connectivity index (χ3v) is 5.61. The van der Waals surface area contributed by atoms with Crippen LogP contribution in [0.25, 0.3) is 11.4 Å². The van der Waals surface area contributed by atoms with Gasteiger partial charge in [0.2, 0.25) is 17.6 Å². The second-order valence-corrected chi connectivity index (χ2v) is 7.45. The summed E-state index contributed by atoms with van der Waals surface area (Å²) < 4.78 is 16.1. The van der Waals surface area contributed by atoms with E-state index in [1.807, 2.05) is 24.3 Å². The standard InChI is InChI=1S/C22H22ClN3O4/c1-28-18-10-9-15(12-19(18)29-2)21-24-22(30-25-21)17-8-5-11-26(17)20(27)13-14-6-3-4-7-16(14)23/h3-4,6-7,9-10,12,17H,5,8,11,13H2,1-2H3/t17-/m0/s1. The molecule has 1 aromatic heterocycles. The van der Waals surface area contributed by atoms with Crippen molar-refractivity contribution < 1.29 is 18.8 Å². The summed E-state index contributed by atoms with van der Waals surface area (Å²) in [5.41, 5.74) is 1.56. The Balaban J connectivity index is 1.54. The molecule has 0 saturated carbocycles. The molecule has 156 valence electrons. The van der Waals surface area contributed by atoms with Crippen LogP contribution in [0.1, 0.15) is 30.3 Å². The van der Waals surface area contributed by atoms with Crippen LogP contribution in [-0.4, -0.2) is 41.7 Å². The van der Waals surface area contributed by atoms with Gasteiger partial charge in [0, 0.05) is 17.1 Å². The molecule has 0 bridgehead atoms. The van der Waals surface area contributed by atoms with Gasteiger partial charge in [-0.2, -0.15) is 4.98 Å². The van der Waals surface area contributed by atoms with E-state index in [0.29, 0.717) is 34.8 Å². The second kappa shape index (κ2) is 8.75. The smallest absolute Gasteiger partial charge is 0.249 e.